The fraction of sp³-hybridized carbons (Fsp3) is 0.0833. The lowest BCUT2D eigenvalue weighted by Gasteiger charge is -2.18. The first-order chi connectivity index (χ1) is 8.22. The summed E-state index contributed by atoms with van der Waals surface area (Å²) in [6.07, 6.45) is 3.06. The molecular weight excluding hydrogens is 214 g/mol. The van der Waals surface area contributed by atoms with Gasteiger partial charge in [0.25, 0.3) is 0 Å². The Morgan fingerprint density at radius 1 is 1.24 bits per heavy atom. The van der Waals surface area contributed by atoms with E-state index >= 15 is 0 Å². The van der Waals surface area contributed by atoms with Gasteiger partial charge in [-0.15, -0.1) is 0 Å². The largest absolute Gasteiger partial charge is 0.382 e. The van der Waals surface area contributed by atoms with Crippen LogP contribution < -0.4 is 10.6 Å². The van der Waals surface area contributed by atoms with Gasteiger partial charge in [0, 0.05) is 7.05 Å². The molecule has 0 saturated carbocycles. The van der Waals surface area contributed by atoms with E-state index in [9.17, 15) is 0 Å². The van der Waals surface area contributed by atoms with Crippen LogP contribution in [0.25, 0.3) is 0 Å². The number of para-hydroxylation sites is 1. The highest BCUT2D eigenvalue weighted by Crippen LogP contribution is 2.24. The smallest absolute Gasteiger partial charge is 0.151 e. The average Bonchev–Trinajstić information content (AvgIpc) is 2.39. The van der Waals surface area contributed by atoms with Gasteiger partial charge in [0.15, 0.2) is 5.82 Å². The van der Waals surface area contributed by atoms with Crippen LogP contribution in [0.4, 0.5) is 17.3 Å². The molecule has 0 aliphatic carbocycles. The summed E-state index contributed by atoms with van der Waals surface area (Å²) >= 11 is 0. The van der Waals surface area contributed by atoms with Gasteiger partial charge in [0.2, 0.25) is 0 Å². The van der Waals surface area contributed by atoms with Crippen LogP contribution >= 0.6 is 0 Å². The summed E-state index contributed by atoms with van der Waals surface area (Å²) < 4.78 is 0. The second-order valence-corrected chi connectivity index (χ2v) is 3.49. The lowest BCUT2D eigenvalue weighted by Crippen LogP contribution is -2.13. The van der Waals surface area contributed by atoms with Gasteiger partial charge in [0.05, 0.1) is 23.6 Å². The fourth-order valence-corrected chi connectivity index (χ4v) is 1.49. The van der Waals surface area contributed by atoms with Crippen LogP contribution in [0.15, 0.2) is 36.7 Å². The minimum absolute atomic E-state index is 0.371. The first-order valence-corrected chi connectivity index (χ1v) is 5.03. The fourth-order valence-electron chi connectivity index (χ4n) is 1.49. The molecule has 0 aliphatic rings. The van der Waals surface area contributed by atoms with Crippen molar-refractivity contribution in [2.24, 2.45) is 0 Å². The van der Waals surface area contributed by atoms with E-state index in [4.69, 9.17) is 11.0 Å². The SMILES string of the molecule is CN(c1cnc(N)cn1)c1ccccc1C#N. The van der Waals surface area contributed by atoms with Crippen LogP contribution in [-0.4, -0.2) is 17.0 Å². The van der Waals surface area contributed by atoms with E-state index in [1.807, 2.05) is 25.2 Å². The molecule has 0 aliphatic heterocycles. The Hall–Kier alpha value is -2.61. The van der Waals surface area contributed by atoms with Crippen molar-refractivity contribution in [3.8, 4) is 6.07 Å². The van der Waals surface area contributed by atoms with Crippen LogP contribution in [-0.2, 0) is 0 Å². The van der Waals surface area contributed by atoms with E-state index in [1.54, 1.807) is 17.2 Å². The van der Waals surface area contributed by atoms with Crippen molar-refractivity contribution in [1.82, 2.24) is 9.97 Å². The zero-order valence-electron chi connectivity index (χ0n) is 9.33. The van der Waals surface area contributed by atoms with Gasteiger partial charge in [-0.3, -0.25) is 0 Å². The molecule has 0 fully saturated rings. The first kappa shape index (κ1) is 10.9. The van der Waals surface area contributed by atoms with E-state index < -0.39 is 0 Å². The Morgan fingerprint density at radius 2 is 2.00 bits per heavy atom. The molecule has 0 bridgehead atoms. The van der Waals surface area contributed by atoms with E-state index in [0.29, 0.717) is 17.2 Å². The molecule has 5 nitrogen and oxygen atoms in total. The van der Waals surface area contributed by atoms with Gasteiger partial charge in [-0.2, -0.15) is 5.26 Å². The molecule has 2 N–H and O–H groups in total. The quantitative estimate of drug-likeness (QED) is 0.841. The lowest BCUT2D eigenvalue weighted by atomic mass is 10.2. The molecule has 84 valence electrons. The van der Waals surface area contributed by atoms with Gasteiger partial charge in [-0.1, -0.05) is 12.1 Å². The number of nitriles is 1. The summed E-state index contributed by atoms with van der Waals surface area (Å²) in [6, 6.07) is 9.46. The molecular formula is C12H11N5. The Morgan fingerprint density at radius 3 is 2.65 bits per heavy atom. The maximum Gasteiger partial charge on any atom is 0.151 e. The van der Waals surface area contributed by atoms with Crippen molar-refractivity contribution in [2.75, 3.05) is 17.7 Å². The zero-order chi connectivity index (χ0) is 12.3. The van der Waals surface area contributed by atoms with Crippen molar-refractivity contribution in [3.05, 3.63) is 42.2 Å². The summed E-state index contributed by atoms with van der Waals surface area (Å²) in [5.74, 6) is 1.01. The van der Waals surface area contributed by atoms with Crippen molar-refractivity contribution >= 4 is 17.3 Å². The Balaban J connectivity index is 2.40. The van der Waals surface area contributed by atoms with Crippen LogP contribution in [0.5, 0.6) is 0 Å². The topological polar surface area (TPSA) is 78.8 Å². The maximum absolute atomic E-state index is 9.03. The highest BCUT2D eigenvalue weighted by atomic mass is 15.2. The molecule has 2 aromatic rings. The third kappa shape index (κ3) is 2.16. The van der Waals surface area contributed by atoms with Crippen LogP contribution in [0.1, 0.15) is 5.56 Å². The van der Waals surface area contributed by atoms with E-state index in [2.05, 4.69) is 16.0 Å². The number of benzene rings is 1. The number of rotatable bonds is 2. The standard InChI is InChI=1S/C12H11N5/c1-17(12-8-15-11(14)7-16-12)10-5-3-2-4-9(10)6-13/h2-5,7-8H,1H3,(H2,14,15). The molecule has 0 radical (unpaired) electrons. The monoisotopic (exact) mass is 225 g/mol. The van der Waals surface area contributed by atoms with E-state index in [0.717, 1.165) is 5.69 Å². The Kier molecular flexibility index (Phi) is 2.88. The van der Waals surface area contributed by atoms with Gasteiger partial charge in [-0.25, -0.2) is 9.97 Å². The van der Waals surface area contributed by atoms with Crippen LogP contribution in [0.3, 0.4) is 0 Å². The molecule has 2 rings (SSSR count). The number of hydrogen-bond acceptors (Lipinski definition) is 5. The molecule has 0 amide bonds. The summed E-state index contributed by atoms with van der Waals surface area (Å²) in [5, 5.41) is 9.03. The Bertz CT molecular complexity index is 556. The second-order valence-electron chi connectivity index (χ2n) is 3.49. The molecule has 0 atom stereocenters. The minimum Gasteiger partial charge on any atom is -0.382 e. The summed E-state index contributed by atoms with van der Waals surface area (Å²) in [5.41, 5.74) is 6.85. The lowest BCUT2D eigenvalue weighted by molar-refractivity contribution is 1.09. The molecule has 0 spiro atoms. The van der Waals surface area contributed by atoms with Gasteiger partial charge in [0.1, 0.15) is 11.9 Å². The first-order valence-electron chi connectivity index (χ1n) is 5.03. The predicted octanol–water partition coefficient (Wildman–Crippen LogP) is 1.70. The summed E-state index contributed by atoms with van der Waals surface area (Å²) in [6.45, 7) is 0. The molecule has 0 saturated heterocycles. The number of aromatic nitrogens is 2. The van der Waals surface area contributed by atoms with E-state index in [-0.39, 0.29) is 0 Å². The second kappa shape index (κ2) is 4.49. The van der Waals surface area contributed by atoms with Gasteiger partial charge in [-0.05, 0) is 12.1 Å². The molecule has 5 heteroatoms. The number of nitrogen functional groups attached to an aromatic ring is 1. The predicted molar refractivity (Wildman–Crippen MR) is 65.7 cm³/mol. The number of nitrogens with zero attached hydrogens (tertiary/aromatic N) is 4. The van der Waals surface area contributed by atoms with Gasteiger partial charge >= 0.3 is 0 Å². The molecule has 1 heterocycles. The van der Waals surface area contributed by atoms with Crippen LogP contribution in [0.2, 0.25) is 0 Å². The third-order valence-electron chi connectivity index (χ3n) is 2.39. The third-order valence-corrected chi connectivity index (χ3v) is 2.39. The maximum atomic E-state index is 9.03. The number of hydrogen-bond donors (Lipinski definition) is 1. The highest BCUT2D eigenvalue weighted by Gasteiger charge is 2.09. The average molecular weight is 225 g/mol. The zero-order valence-corrected chi connectivity index (χ0v) is 9.33. The van der Waals surface area contributed by atoms with Crippen molar-refractivity contribution < 1.29 is 0 Å². The van der Waals surface area contributed by atoms with Crippen LogP contribution in [0, 0.1) is 11.3 Å². The van der Waals surface area contributed by atoms with Crippen molar-refractivity contribution in [3.63, 3.8) is 0 Å². The van der Waals surface area contributed by atoms with E-state index in [1.165, 1.54) is 6.20 Å². The molecule has 1 aromatic heterocycles. The highest BCUT2D eigenvalue weighted by molar-refractivity contribution is 5.66. The summed E-state index contributed by atoms with van der Waals surface area (Å²) in [4.78, 5) is 9.93. The van der Waals surface area contributed by atoms with Crippen molar-refractivity contribution in [2.45, 2.75) is 0 Å². The Labute approximate surface area is 99.1 Å². The van der Waals surface area contributed by atoms with Crippen molar-refractivity contribution in [1.29, 1.82) is 5.26 Å². The normalized spacial score (nSPS) is 9.65. The summed E-state index contributed by atoms with van der Waals surface area (Å²) in [7, 11) is 1.83. The number of anilines is 3. The van der Waals surface area contributed by atoms with Gasteiger partial charge < -0.3 is 10.6 Å². The molecule has 17 heavy (non-hydrogen) atoms. The molecule has 0 unspecified atom stereocenters. The minimum atomic E-state index is 0.371. The molecule has 1 aromatic carbocycles. The number of nitrogens with two attached hydrogens (primary N) is 1.